The van der Waals surface area contributed by atoms with Crippen molar-refractivity contribution in [2.24, 2.45) is 10.9 Å². The third kappa shape index (κ3) is 7.90. The van der Waals surface area contributed by atoms with Crippen LogP contribution < -0.4 is 20.3 Å². The van der Waals surface area contributed by atoms with Gasteiger partial charge >= 0.3 is 6.61 Å². The molecule has 2 N–H and O–H groups in total. The molecule has 0 amide bonds. The lowest BCUT2D eigenvalue weighted by Crippen LogP contribution is -2.45. The molecule has 3 rings (SSSR count). The number of hydrogen-bond acceptors (Lipinski definition) is 4. The van der Waals surface area contributed by atoms with Crippen LogP contribution in [0.25, 0.3) is 0 Å². The SMILES string of the molecule is CCNC(=NCC1CCCN(C(C)C)C1)NC1CCN(c2ccccc2OC(F)F)C1.I. The minimum atomic E-state index is -2.82. The Bertz CT molecular complexity index is 721. The zero-order chi connectivity index (χ0) is 22.2. The van der Waals surface area contributed by atoms with E-state index >= 15 is 0 Å². The molecule has 0 saturated carbocycles. The number of hydrogen-bond donors (Lipinski definition) is 2. The Morgan fingerprint density at radius 2 is 1.97 bits per heavy atom. The summed E-state index contributed by atoms with van der Waals surface area (Å²) >= 11 is 0. The van der Waals surface area contributed by atoms with Gasteiger partial charge in [-0.1, -0.05) is 12.1 Å². The molecule has 2 heterocycles. The van der Waals surface area contributed by atoms with Gasteiger partial charge < -0.3 is 25.2 Å². The first-order valence-electron chi connectivity index (χ1n) is 11.5. The molecular formula is C23H38F2IN5O. The predicted molar refractivity (Wildman–Crippen MR) is 138 cm³/mol. The number of nitrogens with one attached hydrogen (secondary N) is 2. The number of halogens is 3. The summed E-state index contributed by atoms with van der Waals surface area (Å²) in [5.74, 6) is 1.66. The largest absolute Gasteiger partial charge is 0.433 e. The minimum Gasteiger partial charge on any atom is -0.433 e. The zero-order valence-corrected chi connectivity index (χ0v) is 21.7. The minimum absolute atomic E-state index is 0. The highest BCUT2D eigenvalue weighted by atomic mass is 127. The predicted octanol–water partition coefficient (Wildman–Crippen LogP) is 4.16. The van der Waals surface area contributed by atoms with Crippen molar-refractivity contribution in [3.8, 4) is 5.75 Å². The van der Waals surface area contributed by atoms with Crippen molar-refractivity contribution in [1.82, 2.24) is 15.5 Å². The van der Waals surface area contributed by atoms with Crippen LogP contribution in [0.15, 0.2) is 29.3 Å². The Morgan fingerprint density at radius 1 is 1.19 bits per heavy atom. The van der Waals surface area contributed by atoms with Gasteiger partial charge in [0.1, 0.15) is 5.75 Å². The van der Waals surface area contributed by atoms with Crippen LogP contribution in [0.4, 0.5) is 14.5 Å². The van der Waals surface area contributed by atoms with E-state index in [2.05, 4.69) is 41.2 Å². The fraction of sp³-hybridized carbons (Fsp3) is 0.696. The molecule has 2 saturated heterocycles. The molecule has 2 atom stereocenters. The van der Waals surface area contributed by atoms with Gasteiger partial charge in [0.15, 0.2) is 5.96 Å². The first kappa shape index (κ1) is 26.9. The highest BCUT2D eigenvalue weighted by Crippen LogP contribution is 2.31. The van der Waals surface area contributed by atoms with Gasteiger partial charge in [-0.15, -0.1) is 24.0 Å². The molecule has 182 valence electrons. The molecule has 1 aromatic carbocycles. The summed E-state index contributed by atoms with van der Waals surface area (Å²) in [4.78, 5) is 9.51. The van der Waals surface area contributed by atoms with E-state index in [4.69, 9.17) is 9.73 Å². The van der Waals surface area contributed by atoms with E-state index in [0.29, 0.717) is 17.6 Å². The van der Waals surface area contributed by atoms with Gasteiger partial charge in [-0.25, -0.2) is 0 Å². The Morgan fingerprint density at radius 3 is 2.69 bits per heavy atom. The standard InChI is InChI=1S/C23H37F2N5O.HI/c1-4-26-23(27-14-18-8-7-12-29(15-18)17(2)3)28-19-11-13-30(16-19)20-9-5-6-10-21(20)31-22(24)25;/h5-6,9-10,17-19,22H,4,7-8,11-16H2,1-3H3,(H2,26,27,28);1H. The van der Waals surface area contributed by atoms with E-state index in [9.17, 15) is 8.78 Å². The number of nitrogens with zero attached hydrogens (tertiary/aromatic N) is 3. The molecule has 0 radical (unpaired) electrons. The zero-order valence-electron chi connectivity index (χ0n) is 19.4. The maximum atomic E-state index is 12.7. The van der Waals surface area contributed by atoms with Crippen molar-refractivity contribution in [1.29, 1.82) is 0 Å². The summed E-state index contributed by atoms with van der Waals surface area (Å²) in [6.45, 7) is 9.18. The highest BCUT2D eigenvalue weighted by molar-refractivity contribution is 14.0. The number of para-hydroxylation sites is 2. The third-order valence-electron chi connectivity index (χ3n) is 6.08. The molecule has 0 spiro atoms. The maximum Gasteiger partial charge on any atom is 0.387 e. The number of ether oxygens (including phenoxy) is 1. The second-order valence-electron chi connectivity index (χ2n) is 8.74. The summed E-state index contributed by atoms with van der Waals surface area (Å²) in [6.07, 6.45) is 3.38. The number of guanidine groups is 1. The van der Waals surface area contributed by atoms with Crippen molar-refractivity contribution in [3.63, 3.8) is 0 Å². The summed E-state index contributed by atoms with van der Waals surface area (Å²) in [7, 11) is 0. The van der Waals surface area contributed by atoms with Crippen molar-refractivity contribution >= 4 is 35.6 Å². The van der Waals surface area contributed by atoms with E-state index in [1.807, 2.05) is 12.1 Å². The lowest BCUT2D eigenvalue weighted by Gasteiger charge is -2.35. The smallest absolute Gasteiger partial charge is 0.387 e. The number of rotatable bonds is 8. The second-order valence-corrected chi connectivity index (χ2v) is 8.74. The van der Waals surface area contributed by atoms with Crippen molar-refractivity contribution in [3.05, 3.63) is 24.3 Å². The average molecular weight is 565 g/mol. The molecule has 32 heavy (non-hydrogen) atoms. The molecule has 0 bridgehead atoms. The summed E-state index contributed by atoms with van der Waals surface area (Å²) in [5.41, 5.74) is 0.713. The molecule has 9 heteroatoms. The first-order valence-corrected chi connectivity index (χ1v) is 11.5. The van der Waals surface area contributed by atoms with Crippen molar-refractivity contribution < 1.29 is 13.5 Å². The van der Waals surface area contributed by atoms with Crippen LogP contribution in [0.1, 0.15) is 40.0 Å². The lowest BCUT2D eigenvalue weighted by molar-refractivity contribution is -0.0495. The van der Waals surface area contributed by atoms with Crippen LogP contribution in [-0.2, 0) is 0 Å². The molecule has 2 aliphatic rings. The van der Waals surface area contributed by atoms with E-state index in [0.717, 1.165) is 45.1 Å². The summed E-state index contributed by atoms with van der Waals surface area (Å²) in [6, 6.07) is 7.79. The first-order chi connectivity index (χ1) is 15.0. The van der Waals surface area contributed by atoms with Crippen LogP contribution >= 0.6 is 24.0 Å². The van der Waals surface area contributed by atoms with Crippen LogP contribution in [0.3, 0.4) is 0 Å². The summed E-state index contributed by atoms with van der Waals surface area (Å²) < 4.78 is 30.2. The number of piperidine rings is 1. The van der Waals surface area contributed by atoms with E-state index < -0.39 is 6.61 Å². The number of aliphatic imine (C=N–C) groups is 1. The fourth-order valence-corrected chi connectivity index (χ4v) is 4.46. The number of anilines is 1. The molecule has 6 nitrogen and oxygen atoms in total. The van der Waals surface area contributed by atoms with Gasteiger partial charge in [0.2, 0.25) is 0 Å². The van der Waals surface area contributed by atoms with E-state index in [1.165, 1.54) is 19.4 Å². The molecule has 0 aliphatic carbocycles. The molecular weight excluding hydrogens is 527 g/mol. The van der Waals surface area contributed by atoms with Gasteiger partial charge in [0.25, 0.3) is 0 Å². The van der Waals surface area contributed by atoms with E-state index in [-0.39, 0.29) is 35.8 Å². The molecule has 2 fully saturated rings. The Kier molecular flexibility index (Phi) is 11.2. The third-order valence-corrected chi connectivity index (χ3v) is 6.08. The van der Waals surface area contributed by atoms with Crippen LogP contribution in [-0.4, -0.2) is 68.8 Å². The fourth-order valence-electron chi connectivity index (χ4n) is 4.46. The van der Waals surface area contributed by atoms with Gasteiger partial charge in [-0.2, -0.15) is 8.78 Å². The average Bonchev–Trinajstić information content (AvgIpc) is 3.20. The quantitative estimate of drug-likeness (QED) is 0.282. The second kappa shape index (κ2) is 13.4. The van der Waals surface area contributed by atoms with Crippen molar-refractivity contribution in [2.45, 2.75) is 58.7 Å². The topological polar surface area (TPSA) is 52.1 Å². The Balaban J connectivity index is 0.00000363. The van der Waals surface area contributed by atoms with E-state index in [1.54, 1.807) is 12.1 Å². The molecule has 2 unspecified atom stereocenters. The van der Waals surface area contributed by atoms with Crippen LogP contribution in [0.2, 0.25) is 0 Å². The van der Waals surface area contributed by atoms with Gasteiger partial charge in [-0.05, 0) is 64.6 Å². The van der Waals surface area contributed by atoms with Gasteiger partial charge in [-0.3, -0.25) is 4.99 Å². The highest BCUT2D eigenvalue weighted by Gasteiger charge is 2.26. The van der Waals surface area contributed by atoms with Crippen molar-refractivity contribution in [2.75, 3.05) is 44.2 Å². The Labute approximate surface area is 208 Å². The number of likely N-dealkylation sites (tertiary alicyclic amines) is 1. The maximum absolute atomic E-state index is 12.7. The molecule has 0 aromatic heterocycles. The molecule has 2 aliphatic heterocycles. The number of alkyl halides is 2. The summed E-state index contributed by atoms with van der Waals surface area (Å²) in [5, 5.41) is 6.90. The Hall–Kier alpha value is -1.36. The van der Waals surface area contributed by atoms with Gasteiger partial charge in [0, 0.05) is 44.8 Å². The van der Waals surface area contributed by atoms with Gasteiger partial charge in [0.05, 0.1) is 5.69 Å². The van der Waals surface area contributed by atoms with Crippen LogP contribution in [0.5, 0.6) is 5.75 Å². The monoisotopic (exact) mass is 565 g/mol. The normalized spacial score (nSPS) is 22.2. The van der Waals surface area contributed by atoms with Crippen LogP contribution in [0, 0.1) is 5.92 Å². The molecule has 1 aromatic rings. The lowest BCUT2D eigenvalue weighted by atomic mass is 9.97. The number of benzene rings is 1.